The minimum absolute atomic E-state index is 0.386. The topological polar surface area (TPSA) is 48.2 Å². The normalized spacial score (nSPS) is 10.7. The maximum Gasteiger partial charge on any atom is 0.180 e. The fourth-order valence-electron chi connectivity index (χ4n) is 2.58. The fourth-order valence-corrected chi connectivity index (χ4v) is 2.99. The van der Waals surface area contributed by atoms with E-state index in [1.165, 1.54) is 0 Å². The van der Waals surface area contributed by atoms with Crippen molar-refractivity contribution in [3.8, 4) is 11.5 Å². The second-order valence-electron chi connectivity index (χ2n) is 5.80. The van der Waals surface area contributed by atoms with E-state index in [9.17, 15) is 0 Å². The Kier molecular flexibility index (Phi) is 6.45. The molecular formula is C20H20Cl2NO3+. The summed E-state index contributed by atoms with van der Waals surface area (Å²) in [4.78, 5) is 0. The summed E-state index contributed by atoms with van der Waals surface area (Å²) in [5.41, 5.74) is 2.06. The molecule has 0 aliphatic heterocycles. The monoisotopic (exact) mass is 392 g/mol. The number of halogens is 2. The summed E-state index contributed by atoms with van der Waals surface area (Å²) in [6.07, 6.45) is 1.68. The molecule has 0 spiro atoms. The van der Waals surface area contributed by atoms with E-state index in [4.69, 9.17) is 37.1 Å². The van der Waals surface area contributed by atoms with Crippen LogP contribution < -0.4 is 14.8 Å². The average Bonchev–Trinajstić information content (AvgIpc) is 3.15. The van der Waals surface area contributed by atoms with Gasteiger partial charge in [-0.25, -0.2) is 0 Å². The Hall–Kier alpha value is -2.14. The molecule has 26 heavy (non-hydrogen) atoms. The largest absolute Gasteiger partial charge is 0.493 e. The number of nitrogens with two attached hydrogens (primary N) is 1. The Labute approximate surface area is 162 Å². The number of ether oxygens (including phenoxy) is 2. The highest BCUT2D eigenvalue weighted by Crippen LogP contribution is 2.36. The van der Waals surface area contributed by atoms with Gasteiger partial charge in [-0.05, 0) is 42.0 Å². The van der Waals surface area contributed by atoms with Gasteiger partial charge in [0.1, 0.15) is 19.7 Å². The van der Waals surface area contributed by atoms with Crippen molar-refractivity contribution >= 4 is 23.2 Å². The zero-order valence-electron chi connectivity index (χ0n) is 14.4. The van der Waals surface area contributed by atoms with Crippen molar-refractivity contribution in [3.05, 3.63) is 81.7 Å². The van der Waals surface area contributed by atoms with Crippen LogP contribution in [0.25, 0.3) is 0 Å². The van der Waals surface area contributed by atoms with Gasteiger partial charge in [-0.1, -0.05) is 35.3 Å². The quantitative estimate of drug-likeness (QED) is 0.616. The summed E-state index contributed by atoms with van der Waals surface area (Å²) in [6, 6.07) is 15.2. The molecule has 1 heterocycles. The average molecular weight is 393 g/mol. The van der Waals surface area contributed by atoms with Crippen LogP contribution in [-0.4, -0.2) is 7.11 Å². The Morgan fingerprint density at radius 3 is 2.50 bits per heavy atom. The van der Waals surface area contributed by atoms with Crippen molar-refractivity contribution in [2.45, 2.75) is 19.7 Å². The lowest BCUT2D eigenvalue weighted by atomic mass is 10.2. The van der Waals surface area contributed by atoms with Crippen LogP contribution in [0.2, 0.25) is 10.0 Å². The number of hydrogen-bond donors (Lipinski definition) is 1. The van der Waals surface area contributed by atoms with E-state index in [-0.39, 0.29) is 0 Å². The van der Waals surface area contributed by atoms with Crippen LogP contribution in [0.1, 0.15) is 16.9 Å². The molecule has 3 rings (SSSR count). The van der Waals surface area contributed by atoms with Crippen molar-refractivity contribution in [2.24, 2.45) is 0 Å². The number of hydrogen-bond acceptors (Lipinski definition) is 3. The van der Waals surface area contributed by atoms with E-state index in [0.717, 1.165) is 30.0 Å². The highest BCUT2D eigenvalue weighted by molar-refractivity contribution is 6.32. The van der Waals surface area contributed by atoms with E-state index in [0.29, 0.717) is 28.2 Å². The minimum Gasteiger partial charge on any atom is -0.493 e. The predicted molar refractivity (Wildman–Crippen MR) is 102 cm³/mol. The standard InChI is InChI=1S/C20H19Cl2NO3/c1-24-19-10-15(11-23-12-17-3-2-8-25-17)9-18(22)20(19)26-13-14-4-6-16(21)7-5-14/h2-10,23H,11-13H2,1H3/p+1. The van der Waals surface area contributed by atoms with E-state index >= 15 is 0 Å². The summed E-state index contributed by atoms with van der Waals surface area (Å²) in [6.45, 7) is 1.91. The lowest BCUT2D eigenvalue weighted by Gasteiger charge is -2.14. The summed E-state index contributed by atoms with van der Waals surface area (Å²) >= 11 is 12.3. The van der Waals surface area contributed by atoms with E-state index in [1.807, 2.05) is 48.5 Å². The molecular weight excluding hydrogens is 373 g/mol. The smallest absolute Gasteiger partial charge is 0.180 e. The van der Waals surface area contributed by atoms with Crippen molar-refractivity contribution in [2.75, 3.05) is 7.11 Å². The molecule has 2 N–H and O–H groups in total. The molecule has 136 valence electrons. The van der Waals surface area contributed by atoms with Gasteiger partial charge in [0, 0.05) is 10.6 Å². The number of furan rings is 1. The van der Waals surface area contributed by atoms with Gasteiger partial charge in [0.15, 0.2) is 17.3 Å². The maximum atomic E-state index is 6.42. The summed E-state index contributed by atoms with van der Waals surface area (Å²) in [5, 5.41) is 3.36. The van der Waals surface area contributed by atoms with Crippen molar-refractivity contribution in [3.63, 3.8) is 0 Å². The van der Waals surface area contributed by atoms with Gasteiger partial charge in [-0.2, -0.15) is 0 Å². The molecule has 0 saturated carbocycles. The van der Waals surface area contributed by atoms with Crippen LogP contribution in [0.5, 0.6) is 11.5 Å². The maximum absolute atomic E-state index is 6.42. The van der Waals surface area contributed by atoms with E-state index in [2.05, 4.69) is 5.32 Å². The van der Waals surface area contributed by atoms with Gasteiger partial charge in [-0.3, -0.25) is 0 Å². The number of benzene rings is 2. The number of quaternary nitrogens is 1. The van der Waals surface area contributed by atoms with Gasteiger partial charge in [-0.15, -0.1) is 0 Å². The summed E-state index contributed by atoms with van der Waals surface area (Å²) in [7, 11) is 1.61. The fraction of sp³-hybridized carbons (Fsp3) is 0.200. The van der Waals surface area contributed by atoms with Gasteiger partial charge < -0.3 is 19.2 Å². The van der Waals surface area contributed by atoms with Crippen LogP contribution >= 0.6 is 23.2 Å². The second-order valence-corrected chi connectivity index (χ2v) is 6.64. The molecule has 6 heteroatoms. The molecule has 0 atom stereocenters. The first-order valence-electron chi connectivity index (χ1n) is 8.23. The molecule has 3 aromatic rings. The Morgan fingerprint density at radius 2 is 1.81 bits per heavy atom. The lowest BCUT2D eigenvalue weighted by molar-refractivity contribution is -0.688. The first-order chi connectivity index (χ1) is 12.7. The third-order valence-electron chi connectivity index (χ3n) is 3.89. The summed E-state index contributed by atoms with van der Waals surface area (Å²) < 4.78 is 16.7. The third-order valence-corrected chi connectivity index (χ3v) is 4.42. The first kappa shape index (κ1) is 18.6. The zero-order chi connectivity index (χ0) is 18.4. The van der Waals surface area contributed by atoms with Crippen molar-refractivity contribution in [1.29, 1.82) is 0 Å². The molecule has 0 bridgehead atoms. The SMILES string of the molecule is COc1cc(C[NH2+]Cc2ccco2)cc(Cl)c1OCc1ccc(Cl)cc1. The number of methoxy groups -OCH3 is 1. The van der Waals surface area contributed by atoms with Crippen LogP contribution in [0.4, 0.5) is 0 Å². The Balaban J connectivity index is 1.65. The lowest BCUT2D eigenvalue weighted by Crippen LogP contribution is -2.80. The second kappa shape index (κ2) is 8.99. The van der Waals surface area contributed by atoms with Gasteiger partial charge in [0.05, 0.1) is 18.4 Å². The van der Waals surface area contributed by atoms with Crippen LogP contribution in [0.3, 0.4) is 0 Å². The highest BCUT2D eigenvalue weighted by atomic mass is 35.5. The molecule has 4 nitrogen and oxygen atoms in total. The first-order valence-corrected chi connectivity index (χ1v) is 8.99. The van der Waals surface area contributed by atoms with Gasteiger partial charge in [0.25, 0.3) is 0 Å². The molecule has 0 amide bonds. The van der Waals surface area contributed by atoms with Crippen LogP contribution in [-0.2, 0) is 19.7 Å². The molecule has 0 aliphatic carbocycles. The molecule has 0 aliphatic rings. The predicted octanol–water partition coefficient (Wildman–Crippen LogP) is 4.44. The Morgan fingerprint density at radius 1 is 1.00 bits per heavy atom. The number of rotatable bonds is 8. The highest BCUT2D eigenvalue weighted by Gasteiger charge is 2.13. The molecule has 0 unspecified atom stereocenters. The minimum atomic E-state index is 0.386. The van der Waals surface area contributed by atoms with Gasteiger partial charge >= 0.3 is 0 Å². The van der Waals surface area contributed by atoms with Crippen molar-refractivity contribution in [1.82, 2.24) is 0 Å². The van der Waals surface area contributed by atoms with Crippen LogP contribution in [0, 0.1) is 0 Å². The van der Waals surface area contributed by atoms with Crippen LogP contribution in [0.15, 0.2) is 59.2 Å². The molecule has 0 fully saturated rings. The zero-order valence-corrected chi connectivity index (χ0v) is 15.9. The Bertz CT molecular complexity index is 833. The van der Waals surface area contributed by atoms with Gasteiger partial charge in [0.2, 0.25) is 0 Å². The molecule has 1 aromatic heterocycles. The van der Waals surface area contributed by atoms with E-state index < -0.39 is 0 Å². The third kappa shape index (κ3) is 4.94. The molecule has 0 saturated heterocycles. The molecule has 2 aromatic carbocycles. The summed E-state index contributed by atoms with van der Waals surface area (Å²) in [5.74, 6) is 2.10. The molecule has 0 radical (unpaired) electrons. The van der Waals surface area contributed by atoms with E-state index in [1.54, 1.807) is 13.4 Å². The van der Waals surface area contributed by atoms with Crippen molar-refractivity contribution < 1.29 is 19.2 Å².